The first-order valence-corrected chi connectivity index (χ1v) is 10.8. The third-order valence-electron chi connectivity index (χ3n) is 6.43. The highest BCUT2D eigenvalue weighted by molar-refractivity contribution is 6.13. The minimum absolute atomic E-state index is 0.0119. The summed E-state index contributed by atoms with van der Waals surface area (Å²) in [4.78, 5) is 15.1. The number of nitrogens with one attached hydrogen (secondary N) is 1. The van der Waals surface area contributed by atoms with Gasteiger partial charge in [-0.3, -0.25) is 10.2 Å². The van der Waals surface area contributed by atoms with Gasteiger partial charge >= 0.3 is 0 Å². The standard InChI is InChI=1S/C26H28N4O/c1-15-10-16(2)23(11-22(15)25(29)24(17(3)28)20-8-9-20)26(31)30-13-21(14-30)19-6-4-18(12-27)5-7-19/h4-7,10-11,20-21,29H,8-9,13-14,28H2,1-3H3/b24-17-,29-25?. The molecule has 1 aliphatic carbocycles. The van der Waals surface area contributed by atoms with Crippen LogP contribution in [-0.4, -0.2) is 29.6 Å². The maximum atomic E-state index is 13.2. The normalized spacial score (nSPS) is 16.9. The average molecular weight is 413 g/mol. The number of rotatable bonds is 5. The number of nitriles is 1. The predicted octanol–water partition coefficient (Wildman–Crippen LogP) is 4.43. The van der Waals surface area contributed by atoms with Crippen molar-refractivity contribution in [3.8, 4) is 6.07 Å². The van der Waals surface area contributed by atoms with Crippen molar-refractivity contribution in [2.75, 3.05) is 13.1 Å². The Morgan fingerprint density at radius 1 is 1.10 bits per heavy atom. The lowest BCUT2D eigenvalue weighted by molar-refractivity contribution is 0.0601. The number of nitrogens with two attached hydrogens (primary N) is 1. The van der Waals surface area contributed by atoms with E-state index in [0.29, 0.717) is 47.5 Å². The maximum absolute atomic E-state index is 13.2. The van der Waals surface area contributed by atoms with Crippen LogP contribution in [0.15, 0.2) is 47.7 Å². The van der Waals surface area contributed by atoms with Crippen molar-refractivity contribution in [2.45, 2.75) is 39.5 Å². The third kappa shape index (κ3) is 3.98. The largest absolute Gasteiger partial charge is 0.402 e. The fourth-order valence-electron chi connectivity index (χ4n) is 4.45. The molecule has 2 aromatic rings. The van der Waals surface area contributed by atoms with Gasteiger partial charge in [0.15, 0.2) is 0 Å². The molecule has 5 nitrogen and oxygen atoms in total. The number of allylic oxidation sites excluding steroid dienone is 2. The van der Waals surface area contributed by atoms with Crippen molar-refractivity contribution >= 4 is 11.6 Å². The molecular formula is C26H28N4O. The number of carbonyl (C=O) groups is 1. The molecule has 158 valence electrons. The molecule has 0 radical (unpaired) electrons. The van der Waals surface area contributed by atoms with E-state index in [1.54, 1.807) is 0 Å². The van der Waals surface area contributed by atoms with Crippen LogP contribution in [0.25, 0.3) is 0 Å². The van der Waals surface area contributed by atoms with Gasteiger partial charge in [0.1, 0.15) is 0 Å². The Kier molecular flexibility index (Phi) is 5.41. The van der Waals surface area contributed by atoms with Gasteiger partial charge in [-0.25, -0.2) is 0 Å². The highest BCUT2D eigenvalue weighted by Crippen LogP contribution is 2.39. The molecule has 2 aliphatic rings. The Bertz CT molecular complexity index is 1120. The third-order valence-corrected chi connectivity index (χ3v) is 6.43. The molecule has 0 unspecified atom stereocenters. The first kappa shape index (κ1) is 20.9. The minimum Gasteiger partial charge on any atom is -0.402 e. The highest BCUT2D eigenvalue weighted by atomic mass is 16.2. The number of nitrogens with zero attached hydrogens (tertiary/aromatic N) is 2. The van der Waals surface area contributed by atoms with Crippen molar-refractivity contribution in [1.82, 2.24) is 4.90 Å². The number of benzene rings is 2. The van der Waals surface area contributed by atoms with E-state index >= 15 is 0 Å². The summed E-state index contributed by atoms with van der Waals surface area (Å²) in [6.45, 7) is 7.14. The average Bonchev–Trinajstić information content (AvgIpc) is 3.52. The summed E-state index contributed by atoms with van der Waals surface area (Å²) in [7, 11) is 0. The van der Waals surface area contributed by atoms with Crippen molar-refractivity contribution in [3.63, 3.8) is 0 Å². The Hall–Kier alpha value is -3.39. The van der Waals surface area contributed by atoms with Crippen LogP contribution < -0.4 is 5.73 Å². The van der Waals surface area contributed by atoms with E-state index in [0.717, 1.165) is 40.7 Å². The zero-order valence-electron chi connectivity index (χ0n) is 18.3. The summed E-state index contributed by atoms with van der Waals surface area (Å²) in [6, 6.07) is 13.6. The summed E-state index contributed by atoms with van der Waals surface area (Å²) in [5, 5.41) is 17.8. The van der Waals surface area contributed by atoms with E-state index in [9.17, 15) is 4.79 Å². The zero-order valence-corrected chi connectivity index (χ0v) is 18.3. The fourth-order valence-corrected chi connectivity index (χ4v) is 4.45. The fraction of sp³-hybridized carbons (Fsp3) is 0.346. The van der Waals surface area contributed by atoms with Crippen LogP contribution in [0.3, 0.4) is 0 Å². The summed E-state index contributed by atoms with van der Waals surface area (Å²) in [5.41, 5.74) is 13.4. The van der Waals surface area contributed by atoms with Crippen molar-refractivity contribution in [3.05, 3.63) is 81.0 Å². The number of aryl methyl sites for hydroxylation is 2. The molecule has 2 aromatic carbocycles. The second-order valence-electron chi connectivity index (χ2n) is 8.87. The monoisotopic (exact) mass is 412 g/mol. The molecule has 4 rings (SSSR count). The molecule has 1 aliphatic heterocycles. The number of amides is 1. The summed E-state index contributed by atoms with van der Waals surface area (Å²) in [6.07, 6.45) is 2.15. The van der Waals surface area contributed by atoms with E-state index in [2.05, 4.69) is 6.07 Å². The van der Waals surface area contributed by atoms with E-state index in [1.165, 1.54) is 0 Å². The Labute approximate surface area is 183 Å². The van der Waals surface area contributed by atoms with Crippen LogP contribution >= 0.6 is 0 Å². The summed E-state index contributed by atoms with van der Waals surface area (Å²) in [5.74, 6) is 0.684. The molecule has 5 heteroatoms. The second kappa shape index (κ2) is 8.03. The molecule has 1 amide bonds. The quantitative estimate of drug-likeness (QED) is 0.712. The molecule has 2 fully saturated rings. The van der Waals surface area contributed by atoms with Gasteiger partial charge in [0.2, 0.25) is 0 Å². The van der Waals surface area contributed by atoms with E-state index in [-0.39, 0.29) is 5.91 Å². The van der Waals surface area contributed by atoms with Crippen LogP contribution in [0.4, 0.5) is 0 Å². The van der Waals surface area contributed by atoms with Crippen LogP contribution in [0.2, 0.25) is 0 Å². The second-order valence-corrected chi connectivity index (χ2v) is 8.87. The van der Waals surface area contributed by atoms with Gasteiger partial charge in [0.25, 0.3) is 5.91 Å². The zero-order chi connectivity index (χ0) is 22.3. The van der Waals surface area contributed by atoms with Crippen molar-refractivity contribution in [2.24, 2.45) is 11.7 Å². The van der Waals surface area contributed by atoms with Gasteiger partial charge in [-0.2, -0.15) is 5.26 Å². The molecule has 0 aromatic heterocycles. The highest BCUT2D eigenvalue weighted by Gasteiger charge is 2.34. The van der Waals surface area contributed by atoms with Crippen LogP contribution in [0, 0.1) is 36.5 Å². The molecule has 0 bridgehead atoms. The number of hydrogen-bond acceptors (Lipinski definition) is 4. The molecule has 3 N–H and O–H groups in total. The van der Waals surface area contributed by atoms with Crippen molar-refractivity contribution in [1.29, 1.82) is 10.7 Å². The van der Waals surface area contributed by atoms with Gasteiger partial charge < -0.3 is 10.6 Å². The molecule has 0 spiro atoms. The van der Waals surface area contributed by atoms with Crippen LogP contribution in [0.5, 0.6) is 0 Å². The topological polar surface area (TPSA) is 94.0 Å². The van der Waals surface area contributed by atoms with Crippen molar-refractivity contribution < 1.29 is 4.79 Å². The lowest BCUT2D eigenvalue weighted by Gasteiger charge is -2.40. The van der Waals surface area contributed by atoms with E-state index in [4.69, 9.17) is 16.4 Å². The lowest BCUT2D eigenvalue weighted by Crippen LogP contribution is -2.48. The van der Waals surface area contributed by atoms with Gasteiger partial charge in [-0.15, -0.1) is 0 Å². The van der Waals surface area contributed by atoms with Crippen LogP contribution in [-0.2, 0) is 0 Å². The maximum Gasteiger partial charge on any atom is 0.254 e. The van der Waals surface area contributed by atoms with E-state index in [1.807, 2.05) is 62.1 Å². The SMILES string of the molecule is C/C(N)=C(/C(=N)c1cc(C(=O)N2CC(c3ccc(C#N)cc3)C2)c(C)cc1C)C1CC1. The molecule has 1 heterocycles. The first-order valence-electron chi connectivity index (χ1n) is 10.8. The molecule has 31 heavy (non-hydrogen) atoms. The number of carbonyl (C=O) groups excluding carboxylic acids is 1. The molecule has 0 atom stereocenters. The molecule has 1 saturated carbocycles. The lowest BCUT2D eigenvalue weighted by atomic mass is 9.88. The van der Waals surface area contributed by atoms with Gasteiger partial charge in [-0.05, 0) is 80.0 Å². The minimum atomic E-state index is 0.0119. The van der Waals surface area contributed by atoms with Gasteiger partial charge in [0.05, 0.1) is 17.3 Å². The predicted molar refractivity (Wildman–Crippen MR) is 122 cm³/mol. The Morgan fingerprint density at radius 2 is 1.71 bits per heavy atom. The van der Waals surface area contributed by atoms with Crippen LogP contribution in [0.1, 0.15) is 63.9 Å². The molecular weight excluding hydrogens is 384 g/mol. The molecule has 1 saturated heterocycles. The Balaban J connectivity index is 1.54. The number of hydrogen-bond donors (Lipinski definition) is 2. The van der Waals surface area contributed by atoms with E-state index < -0.39 is 0 Å². The first-order chi connectivity index (χ1) is 14.8. The summed E-state index contributed by atoms with van der Waals surface area (Å²) >= 11 is 0. The van der Waals surface area contributed by atoms with Gasteiger partial charge in [-0.1, -0.05) is 18.2 Å². The number of likely N-dealkylation sites (tertiary alicyclic amines) is 1. The smallest absolute Gasteiger partial charge is 0.254 e. The van der Waals surface area contributed by atoms with Gasteiger partial charge in [0, 0.05) is 35.8 Å². The summed E-state index contributed by atoms with van der Waals surface area (Å²) < 4.78 is 0. The Morgan fingerprint density at radius 3 is 2.26 bits per heavy atom.